The standard InChI is InChI=1S/C39H52N6O5/c1-8-10-13-20-41-28-42-34(46)23-32-22-33(18-17-29(32)9-2)43-35(47)26-45(36(48)39(6)19-14-21-40-27-39)25-31-16-12-11-15-30(31)24-44(7)37(49)50-38(3,4)5/h1,10-13,15-18,20,22,40H,9,14,19,21,23-28H2,2-7H3,(H,42,46)(H,43,47)/b13-10-,41-20-. The van der Waals surface area contributed by atoms with E-state index in [4.69, 9.17) is 11.2 Å². The summed E-state index contributed by atoms with van der Waals surface area (Å²) in [5.41, 5.74) is 2.67. The maximum absolute atomic E-state index is 14.2. The predicted molar refractivity (Wildman–Crippen MR) is 197 cm³/mol. The molecule has 1 atom stereocenters. The van der Waals surface area contributed by atoms with E-state index in [1.54, 1.807) is 30.2 Å². The van der Waals surface area contributed by atoms with Crippen molar-refractivity contribution < 1.29 is 23.9 Å². The van der Waals surface area contributed by atoms with Crippen LogP contribution in [0.25, 0.3) is 0 Å². The highest BCUT2D eigenvalue weighted by atomic mass is 16.6. The number of nitrogens with one attached hydrogen (secondary N) is 3. The van der Waals surface area contributed by atoms with E-state index in [-0.39, 0.29) is 50.4 Å². The lowest BCUT2D eigenvalue weighted by atomic mass is 9.81. The average molecular weight is 685 g/mol. The maximum Gasteiger partial charge on any atom is 0.410 e. The summed E-state index contributed by atoms with van der Waals surface area (Å²) in [6.07, 6.45) is 11.7. The van der Waals surface area contributed by atoms with Gasteiger partial charge in [-0.15, -0.1) is 6.42 Å². The number of carbonyl (C=O) groups is 4. The Balaban J connectivity index is 1.79. The fourth-order valence-corrected chi connectivity index (χ4v) is 5.72. The molecule has 0 spiro atoms. The SMILES string of the molecule is C#C/C=C\C=N/CNC(=O)Cc1cc(NC(=O)CN(Cc2ccccc2CN(C)C(=O)OC(C)(C)C)C(=O)C2(C)CCCNC2)ccc1CC. The fraction of sp³-hybridized carbons (Fsp3) is 0.462. The fourth-order valence-electron chi connectivity index (χ4n) is 5.72. The monoisotopic (exact) mass is 684 g/mol. The van der Waals surface area contributed by atoms with E-state index >= 15 is 0 Å². The third kappa shape index (κ3) is 12.5. The number of benzene rings is 2. The molecule has 1 unspecified atom stereocenters. The number of amides is 4. The van der Waals surface area contributed by atoms with Crippen molar-refractivity contribution in [2.24, 2.45) is 10.4 Å². The van der Waals surface area contributed by atoms with Crippen LogP contribution in [-0.4, -0.2) is 78.8 Å². The summed E-state index contributed by atoms with van der Waals surface area (Å²) in [4.78, 5) is 60.4. The molecule has 2 aromatic rings. The molecule has 3 rings (SSSR count). The highest BCUT2D eigenvalue weighted by molar-refractivity contribution is 5.95. The molecule has 1 aliphatic heterocycles. The van der Waals surface area contributed by atoms with E-state index in [9.17, 15) is 19.2 Å². The molecule has 11 nitrogen and oxygen atoms in total. The van der Waals surface area contributed by atoms with Crippen LogP contribution >= 0.6 is 0 Å². The zero-order valence-electron chi connectivity index (χ0n) is 30.3. The molecule has 4 amide bonds. The van der Waals surface area contributed by atoms with Gasteiger partial charge in [0.2, 0.25) is 17.7 Å². The van der Waals surface area contributed by atoms with E-state index in [1.807, 2.05) is 65.0 Å². The molecule has 1 aliphatic rings. The first-order valence-electron chi connectivity index (χ1n) is 17.0. The van der Waals surface area contributed by atoms with Crippen LogP contribution < -0.4 is 16.0 Å². The van der Waals surface area contributed by atoms with Crippen LogP contribution in [0.1, 0.15) is 69.7 Å². The molecule has 0 aromatic heterocycles. The lowest BCUT2D eigenvalue weighted by molar-refractivity contribution is -0.145. The summed E-state index contributed by atoms with van der Waals surface area (Å²) in [6, 6.07) is 13.1. The number of carbonyl (C=O) groups excluding carboxylic acids is 4. The number of anilines is 1. The van der Waals surface area contributed by atoms with Gasteiger partial charge in [-0.25, -0.2) is 4.79 Å². The van der Waals surface area contributed by atoms with Crippen LogP contribution in [0.15, 0.2) is 59.6 Å². The zero-order valence-corrected chi connectivity index (χ0v) is 30.3. The summed E-state index contributed by atoms with van der Waals surface area (Å²) in [7, 11) is 1.67. The molecule has 0 aliphatic carbocycles. The third-order valence-electron chi connectivity index (χ3n) is 8.30. The molecular weight excluding hydrogens is 632 g/mol. The Labute approximate surface area is 296 Å². The quantitative estimate of drug-likeness (QED) is 0.193. The largest absolute Gasteiger partial charge is 0.444 e. The number of aryl methyl sites for hydroxylation is 1. The summed E-state index contributed by atoms with van der Waals surface area (Å²) >= 11 is 0. The van der Waals surface area contributed by atoms with Gasteiger partial charge in [0.05, 0.1) is 11.8 Å². The predicted octanol–water partition coefficient (Wildman–Crippen LogP) is 4.85. The first-order valence-corrected chi connectivity index (χ1v) is 17.0. The van der Waals surface area contributed by atoms with Crippen molar-refractivity contribution >= 4 is 35.7 Å². The van der Waals surface area contributed by atoms with Gasteiger partial charge < -0.3 is 30.5 Å². The van der Waals surface area contributed by atoms with Crippen molar-refractivity contribution in [1.29, 1.82) is 0 Å². The first kappa shape index (κ1) is 39.5. The van der Waals surface area contributed by atoms with E-state index in [0.29, 0.717) is 25.1 Å². The Kier molecular flexibility index (Phi) is 14.8. The molecule has 0 bridgehead atoms. The van der Waals surface area contributed by atoms with Gasteiger partial charge in [0.25, 0.3) is 0 Å². The van der Waals surface area contributed by atoms with Gasteiger partial charge in [0, 0.05) is 38.6 Å². The Bertz CT molecular complexity index is 1600. The number of nitrogens with zero attached hydrogens (tertiary/aromatic N) is 3. The Morgan fingerprint density at radius 3 is 2.42 bits per heavy atom. The minimum Gasteiger partial charge on any atom is -0.444 e. The second-order valence-electron chi connectivity index (χ2n) is 13.8. The number of hydrogen-bond acceptors (Lipinski definition) is 7. The highest BCUT2D eigenvalue weighted by Gasteiger charge is 2.38. The molecular formula is C39H52N6O5. The van der Waals surface area contributed by atoms with Gasteiger partial charge in [-0.05, 0) is 100 Å². The number of piperidine rings is 1. The van der Waals surface area contributed by atoms with Gasteiger partial charge in [-0.1, -0.05) is 43.2 Å². The minimum atomic E-state index is -0.675. The Morgan fingerprint density at radius 2 is 1.78 bits per heavy atom. The smallest absolute Gasteiger partial charge is 0.410 e. The number of ether oxygens (including phenoxy) is 1. The van der Waals surface area contributed by atoms with Crippen LogP contribution in [0, 0.1) is 17.8 Å². The molecule has 0 radical (unpaired) electrons. The number of allylic oxidation sites excluding steroid dienone is 2. The Hall–Kier alpha value is -4.95. The third-order valence-corrected chi connectivity index (χ3v) is 8.30. The van der Waals surface area contributed by atoms with Crippen LogP contribution in [0.5, 0.6) is 0 Å². The number of terminal acetylenes is 1. The molecule has 268 valence electrons. The van der Waals surface area contributed by atoms with Crippen LogP contribution in [-0.2, 0) is 45.1 Å². The minimum absolute atomic E-state index is 0.115. The van der Waals surface area contributed by atoms with Crippen LogP contribution in [0.3, 0.4) is 0 Å². The summed E-state index contributed by atoms with van der Waals surface area (Å²) in [5, 5.41) is 9.05. The maximum atomic E-state index is 14.2. The molecule has 2 aromatic carbocycles. The molecule has 1 heterocycles. The lowest BCUT2D eigenvalue weighted by Crippen LogP contribution is -2.51. The van der Waals surface area contributed by atoms with Crippen molar-refractivity contribution in [2.45, 2.75) is 79.0 Å². The van der Waals surface area contributed by atoms with E-state index in [0.717, 1.165) is 35.2 Å². The van der Waals surface area contributed by atoms with Gasteiger partial charge >= 0.3 is 6.09 Å². The van der Waals surface area contributed by atoms with Crippen LogP contribution in [0.4, 0.5) is 10.5 Å². The molecule has 1 fully saturated rings. The average Bonchev–Trinajstić information content (AvgIpc) is 3.06. The normalized spacial score (nSPS) is 16.1. The van der Waals surface area contributed by atoms with Crippen molar-refractivity contribution in [3.8, 4) is 12.3 Å². The van der Waals surface area contributed by atoms with Crippen LogP contribution in [0.2, 0.25) is 0 Å². The number of aliphatic imine (C=N–C) groups is 1. The topological polar surface area (TPSA) is 132 Å². The molecule has 50 heavy (non-hydrogen) atoms. The molecule has 11 heteroatoms. The highest BCUT2D eigenvalue weighted by Crippen LogP contribution is 2.29. The summed E-state index contributed by atoms with van der Waals surface area (Å²) in [5.74, 6) is 1.68. The molecule has 3 N–H and O–H groups in total. The Morgan fingerprint density at radius 1 is 1.06 bits per heavy atom. The van der Waals surface area contributed by atoms with Gasteiger partial charge in [-0.3, -0.25) is 19.4 Å². The molecule has 0 saturated carbocycles. The van der Waals surface area contributed by atoms with Crippen molar-refractivity contribution in [3.63, 3.8) is 0 Å². The van der Waals surface area contributed by atoms with Gasteiger partial charge in [0.15, 0.2) is 0 Å². The second kappa shape index (κ2) is 18.7. The first-order chi connectivity index (χ1) is 23.7. The zero-order chi connectivity index (χ0) is 36.7. The summed E-state index contributed by atoms with van der Waals surface area (Å²) < 4.78 is 5.54. The summed E-state index contributed by atoms with van der Waals surface area (Å²) in [6.45, 7) is 11.1. The lowest BCUT2D eigenvalue weighted by Gasteiger charge is -2.37. The van der Waals surface area contributed by atoms with E-state index in [2.05, 4.69) is 26.9 Å². The van der Waals surface area contributed by atoms with Gasteiger partial charge in [0.1, 0.15) is 18.8 Å². The van der Waals surface area contributed by atoms with E-state index < -0.39 is 17.1 Å². The second-order valence-corrected chi connectivity index (χ2v) is 13.8. The van der Waals surface area contributed by atoms with Crippen molar-refractivity contribution in [1.82, 2.24) is 20.4 Å². The van der Waals surface area contributed by atoms with Crippen molar-refractivity contribution in [2.75, 3.05) is 38.7 Å². The number of hydrogen-bond donors (Lipinski definition) is 3. The van der Waals surface area contributed by atoms with Crippen molar-refractivity contribution in [3.05, 3.63) is 76.9 Å². The molecule has 1 saturated heterocycles. The number of rotatable bonds is 14. The van der Waals surface area contributed by atoms with Gasteiger partial charge in [-0.2, -0.15) is 0 Å². The van der Waals surface area contributed by atoms with E-state index in [1.165, 1.54) is 17.2 Å².